The Bertz CT molecular complexity index is 903. The lowest BCUT2D eigenvalue weighted by Gasteiger charge is -2.14. The molecule has 0 saturated heterocycles. The molecule has 1 aromatic heterocycles. The van der Waals surface area contributed by atoms with Crippen LogP contribution in [0.3, 0.4) is 0 Å². The zero-order valence-electron chi connectivity index (χ0n) is 15.5. The maximum Gasteiger partial charge on any atom is 0.276 e. The Kier molecular flexibility index (Phi) is 6.76. The number of aromatic amines is 1. The zero-order chi connectivity index (χ0) is 19.8. The van der Waals surface area contributed by atoms with Crippen LogP contribution in [0, 0.1) is 0 Å². The number of amides is 1. The van der Waals surface area contributed by atoms with Gasteiger partial charge in [0.1, 0.15) is 6.61 Å². The van der Waals surface area contributed by atoms with Gasteiger partial charge in [0.15, 0.2) is 23.0 Å². The number of hydrogen-bond acceptors (Lipinski definition) is 6. The van der Waals surface area contributed by atoms with Crippen LogP contribution in [0.25, 0.3) is 6.08 Å². The molecule has 0 aliphatic heterocycles. The first-order valence-electron chi connectivity index (χ1n) is 8.12. The van der Waals surface area contributed by atoms with Gasteiger partial charge in [-0.1, -0.05) is 18.7 Å². The molecule has 0 bridgehead atoms. The van der Waals surface area contributed by atoms with Gasteiger partial charge in [0.2, 0.25) is 5.91 Å². The quantitative estimate of drug-likeness (QED) is 0.545. The van der Waals surface area contributed by atoms with Crippen LogP contribution in [0.1, 0.15) is 5.56 Å². The predicted octanol–water partition coefficient (Wildman–Crippen LogP) is 2.06. The molecule has 0 unspecified atom stereocenters. The van der Waals surface area contributed by atoms with Crippen LogP contribution in [0.2, 0.25) is 0 Å². The number of benzene rings is 1. The first-order chi connectivity index (χ1) is 13.0. The molecule has 0 radical (unpaired) electrons. The van der Waals surface area contributed by atoms with Crippen molar-refractivity contribution in [2.24, 2.45) is 0 Å². The first kappa shape index (κ1) is 19.8. The third kappa shape index (κ3) is 5.21. The molecule has 0 aliphatic rings. The minimum absolute atomic E-state index is 0.0860. The molecule has 2 N–H and O–H groups in total. The molecule has 8 heteroatoms. The SMILES string of the molecule is C=CCOc1ccc(C=CC(=O)Nc2c(N(C)C)nc[nH]c2=O)cc1OC. The summed E-state index contributed by atoms with van der Waals surface area (Å²) >= 11 is 0. The summed E-state index contributed by atoms with van der Waals surface area (Å²) in [5, 5.41) is 2.56. The van der Waals surface area contributed by atoms with Crippen molar-refractivity contribution in [2.75, 3.05) is 38.0 Å². The number of carbonyl (C=O) groups is 1. The van der Waals surface area contributed by atoms with Gasteiger partial charge in [-0.15, -0.1) is 0 Å². The average Bonchev–Trinajstić information content (AvgIpc) is 2.66. The van der Waals surface area contributed by atoms with Gasteiger partial charge >= 0.3 is 0 Å². The molecule has 8 nitrogen and oxygen atoms in total. The van der Waals surface area contributed by atoms with Crippen LogP contribution >= 0.6 is 0 Å². The van der Waals surface area contributed by atoms with Gasteiger partial charge < -0.3 is 24.7 Å². The van der Waals surface area contributed by atoms with Gasteiger partial charge in [-0.2, -0.15) is 0 Å². The van der Waals surface area contributed by atoms with Gasteiger partial charge in [0, 0.05) is 20.2 Å². The van der Waals surface area contributed by atoms with Crippen LogP contribution in [0.5, 0.6) is 11.5 Å². The van der Waals surface area contributed by atoms with Crippen molar-refractivity contribution in [1.82, 2.24) is 9.97 Å². The monoisotopic (exact) mass is 370 g/mol. The van der Waals surface area contributed by atoms with E-state index in [9.17, 15) is 9.59 Å². The van der Waals surface area contributed by atoms with Gasteiger partial charge in [-0.3, -0.25) is 9.59 Å². The number of nitrogens with one attached hydrogen (secondary N) is 2. The lowest BCUT2D eigenvalue weighted by atomic mass is 10.2. The van der Waals surface area contributed by atoms with E-state index in [1.54, 1.807) is 49.3 Å². The molecule has 142 valence electrons. The molecule has 27 heavy (non-hydrogen) atoms. The number of hydrogen-bond donors (Lipinski definition) is 2. The summed E-state index contributed by atoms with van der Waals surface area (Å²) in [4.78, 5) is 32.3. The molecule has 0 spiro atoms. The molecule has 1 aromatic carbocycles. The molecule has 2 aromatic rings. The largest absolute Gasteiger partial charge is 0.493 e. The summed E-state index contributed by atoms with van der Waals surface area (Å²) in [6, 6.07) is 5.27. The third-order valence-corrected chi connectivity index (χ3v) is 3.48. The molecule has 0 atom stereocenters. The summed E-state index contributed by atoms with van der Waals surface area (Å²) < 4.78 is 10.8. The van der Waals surface area contributed by atoms with Crippen molar-refractivity contribution in [1.29, 1.82) is 0 Å². The smallest absolute Gasteiger partial charge is 0.276 e. The highest BCUT2D eigenvalue weighted by Gasteiger charge is 2.12. The van der Waals surface area contributed by atoms with E-state index in [1.807, 2.05) is 0 Å². The summed E-state index contributed by atoms with van der Waals surface area (Å²) in [6.07, 6.45) is 5.85. The number of rotatable bonds is 8. The van der Waals surface area contributed by atoms with Crippen molar-refractivity contribution < 1.29 is 14.3 Å². The molecule has 1 amide bonds. The molecule has 0 fully saturated rings. The van der Waals surface area contributed by atoms with Crippen molar-refractivity contribution in [2.45, 2.75) is 0 Å². The number of ether oxygens (including phenoxy) is 2. The normalized spacial score (nSPS) is 10.5. The number of carbonyl (C=O) groups excluding carboxylic acids is 1. The van der Waals surface area contributed by atoms with Gasteiger partial charge in [-0.25, -0.2) is 4.98 Å². The fourth-order valence-electron chi connectivity index (χ4n) is 2.23. The van der Waals surface area contributed by atoms with E-state index in [0.29, 0.717) is 23.9 Å². The topological polar surface area (TPSA) is 96.5 Å². The highest BCUT2D eigenvalue weighted by atomic mass is 16.5. The fourth-order valence-corrected chi connectivity index (χ4v) is 2.23. The first-order valence-corrected chi connectivity index (χ1v) is 8.12. The number of aromatic nitrogens is 2. The predicted molar refractivity (Wildman–Crippen MR) is 106 cm³/mol. The Labute approximate surface area is 157 Å². The number of methoxy groups -OCH3 is 1. The molecule has 0 saturated carbocycles. The van der Waals surface area contributed by atoms with E-state index in [-0.39, 0.29) is 5.69 Å². The van der Waals surface area contributed by atoms with Crippen molar-refractivity contribution in [3.05, 3.63) is 59.2 Å². The van der Waals surface area contributed by atoms with Gasteiger partial charge in [0.25, 0.3) is 5.56 Å². The summed E-state index contributed by atoms with van der Waals surface area (Å²) in [5.74, 6) is 1.03. The average molecular weight is 370 g/mol. The lowest BCUT2D eigenvalue weighted by molar-refractivity contribution is -0.111. The van der Waals surface area contributed by atoms with Gasteiger partial charge in [-0.05, 0) is 23.8 Å². The minimum Gasteiger partial charge on any atom is -0.493 e. The highest BCUT2D eigenvalue weighted by molar-refractivity contribution is 6.03. The van der Waals surface area contributed by atoms with Crippen LogP contribution in [0.15, 0.2) is 48.1 Å². The second-order valence-corrected chi connectivity index (χ2v) is 5.66. The second-order valence-electron chi connectivity index (χ2n) is 5.66. The van der Waals surface area contributed by atoms with E-state index in [4.69, 9.17) is 9.47 Å². The Balaban J connectivity index is 2.16. The Morgan fingerprint density at radius 2 is 2.15 bits per heavy atom. The maximum atomic E-state index is 12.2. The van der Waals surface area contributed by atoms with Crippen molar-refractivity contribution >= 4 is 23.5 Å². The number of anilines is 2. The van der Waals surface area contributed by atoms with E-state index >= 15 is 0 Å². The number of nitrogens with zero attached hydrogens (tertiary/aromatic N) is 2. The van der Waals surface area contributed by atoms with Crippen LogP contribution in [0.4, 0.5) is 11.5 Å². The molecule has 0 aliphatic carbocycles. The van der Waals surface area contributed by atoms with E-state index in [2.05, 4.69) is 21.9 Å². The molecule has 1 heterocycles. The van der Waals surface area contributed by atoms with Crippen LogP contribution in [-0.4, -0.2) is 43.7 Å². The zero-order valence-corrected chi connectivity index (χ0v) is 15.5. The molecular weight excluding hydrogens is 348 g/mol. The van der Waals surface area contributed by atoms with E-state index in [0.717, 1.165) is 5.56 Å². The van der Waals surface area contributed by atoms with Crippen LogP contribution < -0.4 is 25.2 Å². The molecular formula is C19H22N4O4. The van der Waals surface area contributed by atoms with Crippen LogP contribution in [-0.2, 0) is 4.79 Å². The standard InChI is InChI=1S/C19H22N4O4/c1-5-10-27-14-8-6-13(11-15(14)26-4)7-9-16(24)22-17-18(23(2)3)20-12-21-19(17)25/h5-9,11-12H,1,10H2,2-4H3,(H,22,24)(H,20,21,25). The van der Waals surface area contributed by atoms with Crippen molar-refractivity contribution in [3.8, 4) is 11.5 Å². The molecule has 2 rings (SSSR count). The maximum absolute atomic E-state index is 12.2. The van der Waals surface area contributed by atoms with E-state index < -0.39 is 11.5 Å². The van der Waals surface area contributed by atoms with E-state index in [1.165, 1.54) is 19.5 Å². The Morgan fingerprint density at radius 1 is 1.37 bits per heavy atom. The third-order valence-electron chi connectivity index (χ3n) is 3.48. The fraction of sp³-hybridized carbons (Fsp3) is 0.211. The summed E-state index contributed by atoms with van der Waals surface area (Å²) in [7, 11) is 5.00. The Morgan fingerprint density at radius 3 is 2.81 bits per heavy atom. The Hall–Kier alpha value is -3.55. The number of H-pyrrole nitrogens is 1. The van der Waals surface area contributed by atoms with Gasteiger partial charge in [0.05, 0.1) is 13.4 Å². The summed E-state index contributed by atoms with van der Waals surface area (Å²) in [5.41, 5.74) is 0.393. The lowest BCUT2D eigenvalue weighted by Crippen LogP contribution is -2.24. The summed E-state index contributed by atoms with van der Waals surface area (Å²) in [6.45, 7) is 3.96. The van der Waals surface area contributed by atoms with Crippen molar-refractivity contribution in [3.63, 3.8) is 0 Å². The second kappa shape index (κ2) is 9.23. The highest BCUT2D eigenvalue weighted by Crippen LogP contribution is 2.28. The minimum atomic E-state index is -0.456.